The molecule has 6 nitrogen and oxygen atoms in total. The highest BCUT2D eigenvalue weighted by atomic mass is 19.1. The van der Waals surface area contributed by atoms with E-state index in [1.165, 1.54) is 24.3 Å². The van der Waals surface area contributed by atoms with Crippen molar-refractivity contribution in [2.24, 2.45) is 0 Å². The van der Waals surface area contributed by atoms with Crippen LogP contribution in [0.3, 0.4) is 0 Å². The SMILES string of the molecule is COc1ccc(-c2cc(C(=O)NC3CCCC3)c(=O)n(-c3cccc(F)c3)n2)cc1. The van der Waals surface area contributed by atoms with E-state index in [1.54, 1.807) is 37.4 Å². The molecule has 0 bridgehead atoms. The van der Waals surface area contributed by atoms with Crippen molar-refractivity contribution in [2.75, 3.05) is 7.11 Å². The maximum atomic E-state index is 13.8. The summed E-state index contributed by atoms with van der Waals surface area (Å²) in [6, 6.07) is 14.3. The highest BCUT2D eigenvalue weighted by Crippen LogP contribution is 2.22. The molecule has 0 aliphatic heterocycles. The molecule has 4 rings (SSSR count). The van der Waals surface area contributed by atoms with E-state index in [0.29, 0.717) is 17.0 Å². The summed E-state index contributed by atoms with van der Waals surface area (Å²) in [5.41, 5.74) is 0.777. The number of halogens is 1. The van der Waals surface area contributed by atoms with E-state index >= 15 is 0 Å². The van der Waals surface area contributed by atoms with Crippen LogP contribution in [0, 0.1) is 5.82 Å². The van der Waals surface area contributed by atoms with Gasteiger partial charge in [0.25, 0.3) is 11.5 Å². The summed E-state index contributed by atoms with van der Waals surface area (Å²) in [6.07, 6.45) is 3.93. The number of ether oxygens (including phenoxy) is 1. The molecule has 3 aromatic rings. The van der Waals surface area contributed by atoms with Gasteiger partial charge < -0.3 is 10.1 Å². The molecule has 1 aliphatic rings. The third-order valence-corrected chi connectivity index (χ3v) is 5.29. The van der Waals surface area contributed by atoms with Crippen LogP contribution < -0.4 is 15.6 Å². The number of hydrogen-bond donors (Lipinski definition) is 1. The lowest BCUT2D eigenvalue weighted by Gasteiger charge is -2.14. The molecule has 1 saturated carbocycles. The van der Waals surface area contributed by atoms with Gasteiger partial charge in [0.05, 0.1) is 18.5 Å². The molecule has 7 heteroatoms. The summed E-state index contributed by atoms with van der Waals surface area (Å²) in [5.74, 6) is -0.251. The number of rotatable bonds is 5. The molecule has 154 valence electrons. The number of hydrogen-bond acceptors (Lipinski definition) is 4. The number of amides is 1. The summed E-state index contributed by atoms with van der Waals surface area (Å²) in [7, 11) is 1.57. The molecule has 1 N–H and O–H groups in total. The zero-order valence-corrected chi connectivity index (χ0v) is 16.6. The fraction of sp³-hybridized carbons (Fsp3) is 0.261. The van der Waals surface area contributed by atoms with Crippen LogP contribution >= 0.6 is 0 Å². The summed E-state index contributed by atoms with van der Waals surface area (Å²) in [6.45, 7) is 0. The van der Waals surface area contributed by atoms with Crippen molar-refractivity contribution in [2.45, 2.75) is 31.7 Å². The molecule has 0 saturated heterocycles. The maximum absolute atomic E-state index is 13.8. The Balaban J connectivity index is 1.82. The van der Waals surface area contributed by atoms with Crippen LogP contribution in [0.15, 0.2) is 59.4 Å². The summed E-state index contributed by atoms with van der Waals surface area (Å²) in [4.78, 5) is 26.0. The van der Waals surface area contributed by atoms with Gasteiger partial charge in [-0.25, -0.2) is 4.39 Å². The van der Waals surface area contributed by atoms with Crippen molar-refractivity contribution in [1.29, 1.82) is 0 Å². The first-order valence-corrected chi connectivity index (χ1v) is 9.91. The van der Waals surface area contributed by atoms with Crippen LogP contribution in [0.2, 0.25) is 0 Å². The van der Waals surface area contributed by atoms with E-state index in [1.807, 2.05) is 0 Å². The highest BCUT2D eigenvalue weighted by molar-refractivity contribution is 5.95. The summed E-state index contributed by atoms with van der Waals surface area (Å²) < 4.78 is 20.0. The second kappa shape index (κ2) is 8.49. The molecule has 2 aromatic carbocycles. The molecule has 0 unspecified atom stereocenters. The molecule has 0 spiro atoms. The molecular weight excluding hydrogens is 385 g/mol. The van der Waals surface area contributed by atoms with Gasteiger partial charge in [0, 0.05) is 11.6 Å². The van der Waals surface area contributed by atoms with Crippen LogP contribution in [0.5, 0.6) is 5.75 Å². The molecule has 1 amide bonds. The molecule has 1 aliphatic carbocycles. The lowest BCUT2D eigenvalue weighted by Crippen LogP contribution is -2.38. The standard InChI is InChI=1S/C23H22FN3O3/c1-30-19-11-9-15(10-12-19)21-14-20(22(28)25-17-6-2-3-7-17)23(29)27(26-21)18-8-4-5-16(24)13-18/h4-5,8-14,17H,2-3,6-7H2,1H3,(H,25,28). The minimum absolute atomic E-state index is 0.0213. The zero-order valence-electron chi connectivity index (χ0n) is 16.6. The number of carbonyl (C=O) groups excluding carboxylic acids is 1. The monoisotopic (exact) mass is 407 g/mol. The van der Waals surface area contributed by atoms with E-state index in [2.05, 4.69) is 10.4 Å². The molecule has 30 heavy (non-hydrogen) atoms. The lowest BCUT2D eigenvalue weighted by atomic mass is 10.1. The first kappa shape index (κ1) is 19.8. The van der Waals surface area contributed by atoms with Crippen LogP contribution in [0.4, 0.5) is 4.39 Å². The normalized spacial score (nSPS) is 13.9. The first-order chi connectivity index (χ1) is 14.5. The first-order valence-electron chi connectivity index (χ1n) is 9.91. The van der Waals surface area contributed by atoms with Crippen LogP contribution in [0.25, 0.3) is 16.9 Å². The van der Waals surface area contributed by atoms with Gasteiger partial charge in [0.15, 0.2) is 0 Å². The van der Waals surface area contributed by atoms with Crippen molar-refractivity contribution in [1.82, 2.24) is 15.1 Å². The Morgan fingerprint density at radius 3 is 2.53 bits per heavy atom. The van der Waals surface area contributed by atoms with Crippen molar-refractivity contribution in [3.63, 3.8) is 0 Å². The van der Waals surface area contributed by atoms with Gasteiger partial charge in [-0.3, -0.25) is 9.59 Å². The van der Waals surface area contributed by atoms with E-state index in [-0.39, 0.29) is 17.3 Å². The van der Waals surface area contributed by atoms with Crippen molar-refractivity contribution in [3.8, 4) is 22.7 Å². The van der Waals surface area contributed by atoms with Gasteiger partial charge in [-0.05, 0) is 61.4 Å². The topological polar surface area (TPSA) is 73.2 Å². The predicted octanol–water partition coefficient (Wildman–Crippen LogP) is 3.72. The number of nitrogens with one attached hydrogen (secondary N) is 1. The smallest absolute Gasteiger partial charge is 0.284 e. The Morgan fingerprint density at radius 2 is 1.87 bits per heavy atom. The zero-order chi connectivity index (χ0) is 21.1. The van der Waals surface area contributed by atoms with Gasteiger partial charge in [-0.1, -0.05) is 18.9 Å². The average Bonchev–Trinajstić information content (AvgIpc) is 3.27. The number of carbonyl (C=O) groups is 1. The second-order valence-electron chi connectivity index (χ2n) is 7.32. The van der Waals surface area contributed by atoms with Gasteiger partial charge in [-0.2, -0.15) is 9.78 Å². The Bertz CT molecular complexity index is 1120. The van der Waals surface area contributed by atoms with Crippen molar-refractivity contribution in [3.05, 3.63) is 76.3 Å². The summed E-state index contributed by atoms with van der Waals surface area (Å²) >= 11 is 0. The van der Waals surface area contributed by atoms with E-state index in [4.69, 9.17) is 4.74 Å². The maximum Gasteiger partial charge on any atom is 0.284 e. The average molecular weight is 407 g/mol. The Kier molecular flexibility index (Phi) is 5.61. The number of aromatic nitrogens is 2. The quantitative estimate of drug-likeness (QED) is 0.700. The Morgan fingerprint density at radius 1 is 1.13 bits per heavy atom. The third-order valence-electron chi connectivity index (χ3n) is 5.29. The Labute approximate surface area is 173 Å². The number of nitrogens with zero attached hydrogens (tertiary/aromatic N) is 2. The minimum atomic E-state index is -0.589. The van der Waals surface area contributed by atoms with Gasteiger partial charge in [0.1, 0.15) is 17.1 Å². The predicted molar refractivity (Wildman–Crippen MR) is 112 cm³/mol. The van der Waals surface area contributed by atoms with Crippen LogP contribution in [0.1, 0.15) is 36.0 Å². The minimum Gasteiger partial charge on any atom is -0.497 e. The molecule has 1 aromatic heterocycles. The van der Waals surface area contributed by atoms with E-state index in [9.17, 15) is 14.0 Å². The van der Waals surface area contributed by atoms with Gasteiger partial charge in [-0.15, -0.1) is 0 Å². The third kappa shape index (κ3) is 4.10. The molecule has 1 fully saturated rings. The fourth-order valence-corrected chi connectivity index (χ4v) is 3.68. The van der Waals surface area contributed by atoms with Gasteiger partial charge >= 0.3 is 0 Å². The molecule has 0 radical (unpaired) electrons. The van der Waals surface area contributed by atoms with E-state index < -0.39 is 17.3 Å². The largest absolute Gasteiger partial charge is 0.497 e. The Hall–Kier alpha value is -3.48. The van der Waals surface area contributed by atoms with E-state index in [0.717, 1.165) is 30.4 Å². The van der Waals surface area contributed by atoms with Gasteiger partial charge in [0.2, 0.25) is 0 Å². The summed E-state index contributed by atoms with van der Waals surface area (Å²) in [5, 5.41) is 7.35. The van der Waals surface area contributed by atoms with Crippen LogP contribution in [-0.4, -0.2) is 28.8 Å². The second-order valence-corrected chi connectivity index (χ2v) is 7.32. The fourth-order valence-electron chi connectivity index (χ4n) is 3.68. The molecule has 1 heterocycles. The van der Waals surface area contributed by atoms with Crippen molar-refractivity contribution < 1.29 is 13.9 Å². The van der Waals surface area contributed by atoms with Crippen molar-refractivity contribution >= 4 is 5.91 Å². The molecule has 0 atom stereocenters. The lowest BCUT2D eigenvalue weighted by molar-refractivity contribution is 0.0935. The number of methoxy groups -OCH3 is 1. The number of benzene rings is 2. The van der Waals surface area contributed by atoms with Crippen LogP contribution in [-0.2, 0) is 0 Å². The molecular formula is C23H22FN3O3. The highest BCUT2D eigenvalue weighted by Gasteiger charge is 2.22.